The smallest absolute Gasteiger partial charge is 0.224 e. The third kappa shape index (κ3) is 6.04. The highest BCUT2D eigenvalue weighted by Gasteiger charge is 2.12. The molecule has 1 aromatic rings. The van der Waals surface area contributed by atoms with E-state index in [2.05, 4.69) is 10.6 Å². The average molecular weight is 334 g/mol. The Kier molecular flexibility index (Phi) is 7.89. The summed E-state index contributed by atoms with van der Waals surface area (Å²) in [5.41, 5.74) is 0.922. The first kappa shape index (κ1) is 18.6. The molecule has 1 aliphatic carbocycles. The topological polar surface area (TPSA) is 59.6 Å². The first-order chi connectivity index (χ1) is 11.7. The summed E-state index contributed by atoms with van der Waals surface area (Å²) in [5, 5.41) is 6.57. The molecule has 2 N–H and O–H groups in total. The molecule has 0 atom stereocenters. The lowest BCUT2D eigenvalue weighted by Gasteiger charge is -2.22. The van der Waals surface area contributed by atoms with Crippen molar-refractivity contribution in [3.8, 4) is 11.5 Å². The number of nitrogens with one attached hydrogen (secondary N) is 2. The fourth-order valence-corrected chi connectivity index (χ4v) is 3.17. The number of hydrogen-bond donors (Lipinski definition) is 2. The zero-order valence-corrected chi connectivity index (χ0v) is 14.9. The molecule has 2 rings (SSSR count). The minimum Gasteiger partial charge on any atom is -0.493 e. The molecular formula is C19H30N2O3. The molecule has 1 fully saturated rings. The largest absolute Gasteiger partial charge is 0.493 e. The van der Waals surface area contributed by atoms with Crippen molar-refractivity contribution >= 4 is 5.91 Å². The lowest BCUT2D eigenvalue weighted by molar-refractivity contribution is -0.120. The standard InChI is InChI=1S/C19H30N2O3/c1-23-17-10-9-15(13-18(17)24-2)14-19(22)21-12-6-11-20-16-7-4-3-5-8-16/h9-10,13,16,20H,3-8,11-12,14H2,1-2H3,(H,21,22). The van der Waals surface area contributed by atoms with Crippen LogP contribution in [0.25, 0.3) is 0 Å². The van der Waals surface area contributed by atoms with Crippen LogP contribution in [0.15, 0.2) is 18.2 Å². The molecule has 5 nitrogen and oxygen atoms in total. The highest BCUT2D eigenvalue weighted by Crippen LogP contribution is 2.27. The Morgan fingerprint density at radius 2 is 1.83 bits per heavy atom. The third-order valence-corrected chi connectivity index (χ3v) is 4.53. The van der Waals surface area contributed by atoms with Crippen LogP contribution in [0.5, 0.6) is 11.5 Å². The highest BCUT2D eigenvalue weighted by molar-refractivity contribution is 5.78. The van der Waals surface area contributed by atoms with Crippen molar-refractivity contribution in [2.45, 2.75) is 51.0 Å². The number of carbonyl (C=O) groups excluding carboxylic acids is 1. The van der Waals surface area contributed by atoms with E-state index in [9.17, 15) is 4.79 Å². The van der Waals surface area contributed by atoms with Crippen LogP contribution in [0, 0.1) is 0 Å². The third-order valence-electron chi connectivity index (χ3n) is 4.53. The maximum absolute atomic E-state index is 12.0. The van der Waals surface area contributed by atoms with Gasteiger partial charge in [0, 0.05) is 12.6 Å². The van der Waals surface area contributed by atoms with Gasteiger partial charge < -0.3 is 20.1 Å². The number of benzene rings is 1. The van der Waals surface area contributed by atoms with E-state index in [0.717, 1.165) is 18.5 Å². The summed E-state index contributed by atoms with van der Waals surface area (Å²) in [5.74, 6) is 1.37. The zero-order valence-electron chi connectivity index (χ0n) is 14.9. The van der Waals surface area contributed by atoms with Gasteiger partial charge in [-0.05, 0) is 43.5 Å². The Bertz CT molecular complexity index is 513. The second-order valence-corrected chi connectivity index (χ2v) is 6.36. The van der Waals surface area contributed by atoms with Gasteiger partial charge in [0.05, 0.1) is 20.6 Å². The van der Waals surface area contributed by atoms with Crippen molar-refractivity contribution in [1.29, 1.82) is 0 Å². The van der Waals surface area contributed by atoms with Crippen LogP contribution in [0.1, 0.15) is 44.1 Å². The second-order valence-electron chi connectivity index (χ2n) is 6.36. The molecule has 24 heavy (non-hydrogen) atoms. The first-order valence-corrected chi connectivity index (χ1v) is 8.94. The fourth-order valence-electron chi connectivity index (χ4n) is 3.17. The zero-order chi connectivity index (χ0) is 17.2. The van der Waals surface area contributed by atoms with Crippen LogP contribution in [0.3, 0.4) is 0 Å². The summed E-state index contributed by atoms with van der Waals surface area (Å²) >= 11 is 0. The van der Waals surface area contributed by atoms with E-state index in [1.54, 1.807) is 14.2 Å². The Balaban J connectivity index is 1.64. The summed E-state index contributed by atoms with van der Waals surface area (Å²) in [6.07, 6.45) is 7.99. The minimum absolute atomic E-state index is 0.0416. The quantitative estimate of drug-likeness (QED) is 0.682. The molecule has 1 aromatic carbocycles. The van der Waals surface area contributed by atoms with E-state index in [4.69, 9.17) is 9.47 Å². The molecule has 0 aliphatic heterocycles. The summed E-state index contributed by atoms with van der Waals surface area (Å²) in [4.78, 5) is 12.0. The van der Waals surface area contributed by atoms with Gasteiger partial charge in [-0.2, -0.15) is 0 Å². The Morgan fingerprint density at radius 3 is 2.54 bits per heavy atom. The van der Waals surface area contributed by atoms with Gasteiger partial charge in [-0.25, -0.2) is 0 Å². The van der Waals surface area contributed by atoms with Crippen molar-refractivity contribution in [2.24, 2.45) is 0 Å². The highest BCUT2D eigenvalue weighted by atomic mass is 16.5. The molecule has 0 saturated heterocycles. The van der Waals surface area contributed by atoms with E-state index in [-0.39, 0.29) is 5.91 Å². The Hall–Kier alpha value is -1.75. The molecule has 1 aliphatic rings. The molecule has 0 unspecified atom stereocenters. The maximum Gasteiger partial charge on any atom is 0.224 e. The molecule has 0 aromatic heterocycles. The number of hydrogen-bond acceptors (Lipinski definition) is 4. The van der Waals surface area contributed by atoms with Crippen LogP contribution < -0.4 is 20.1 Å². The van der Waals surface area contributed by atoms with Crippen molar-refractivity contribution in [3.05, 3.63) is 23.8 Å². The summed E-state index contributed by atoms with van der Waals surface area (Å²) in [6, 6.07) is 6.26. The lowest BCUT2D eigenvalue weighted by Crippen LogP contribution is -2.34. The second kappa shape index (κ2) is 10.2. The van der Waals surface area contributed by atoms with E-state index in [1.807, 2.05) is 18.2 Å². The van der Waals surface area contributed by atoms with Gasteiger partial charge in [0.25, 0.3) is 0 Å². The van der Waals surface area contributed by atoms with Gasteiger partial charge in [0.15, 0.2) is 11.5 Å². The number of methoxy groups -OCH3 is 2. The number of carbonyl (C=O) groups is 1. The van der Waals surface area contributed by atoms with E-state index in [0.29, 0.717) is 30.5 Å². The van der Waals surface area contributed by atoms with Gasteiger partial charge >= 0.3 is 0 Å². The maximum atomic E-state index is 12.0. The van der Waals surface area contributed by atoms with Gasteiger partial charge in [-0.1, -0.05) is 25.3 Å². The van der Waals surface area contributed by atoms with Gasteiger partial charge in [0.2, 0.25) is 5.91 Å². The molecule has 1 amide bonds. The van der Waals surface area contributed by atoms with Crippen LogP contribution in [0.2, 0.25) is 0 Å². The van der Waals surface area contributed by atoms with Crippen molar-refractivity contribution < 1.29 is 14.3 Å². The summed E-state index contributed by atoms with van der Waals surface area (Å²) in [6.45, 7) is 1.69. The van der Waals surface area contributed by atoms with E-state index < -0.39 is 0 Å². The average Bonchev–Trinajstić information content (AvgIpc) is 2.62. The fraction of sp³-hybridized carbons (Fsp3) is 0.632. The molecule has 0 bridgehead atoms. The molecule has 0 spiro atoms. The van der Waals surface area contributed by atoms with Gasteiger partial charge in [-0.3, -0.25) is 4.79 Å². The van der Waals surface area contributed by atoms with Crippen LogP contribution in [0.4, 0.5) is 0 Å². The molecule has 0 heterocycles. The molecule has 5 heteroatoms. The van der Waals surface area contributed by atoms with Crippen LogP contribution >= 0.6 is 0 Å². The predicted octanol–water partition coefficient (Wildman–Crippen LogP) is 2.67. The molecular weight excluding hydrogens is 304 g/mol. The Labute approximate surface area is 145 Å². The van der Waals surface area contributed by atoms with Gasteiger partial charge in [0.1, 0.15) is 0 Å². The van der Waals surface area contributed by atoms with Crippen LogP contribution in [-0.2, 0) is 11.2 Å². The molecule has 1 saturated carbocycles. The minimum atomic E-state index is 0.0416. The number of rotatable bonds is 9. The first-order valence-electron chi connectivity index (χ1n) is 8.94. The number of amides is 1. The monoisotopic (exact) mass is 334 g/mol. The van der Waals surface area contributed by atoms with Crippen molar-refractivity contribution in [3.63, 3.8) is 0 Å². The summed E-state index contributed by atoms with van der Waals surface area (Å²) < 4.78 is 10.5. The van der Waals surface area contributed by atoms with E-state index >= 15 is 0 Å². The molecule has 0 radical (unpaired) electrons. The van der Waals surface area contributed by atoms with Gasteiger partial charge in [-0.15, -0.1) is 0 Å². The molecule has 134 valence electrons. The SMILES string of the molecule is COc1ccc(CC(=O)NCCCNC2CCCCC2)cc1OC. The number of ether oxygens (including phenoxy) is 2. The van der Waals surface area contributed by atoms with E-state index in [1.165, 1.54) is 32.1 Å². The van der Waals surface area contributed by atoms with Crippen molar-refractivity contribution in [1.82, 2.24) is 10.6 Å². The Morgan fingerprint density at radius 1 is 1.08 bits per heavy atom. The summed E-state index contributed by atoms with van der Waals surface area (Å²) in [7, 11) is 3.20. The normalized spacial score (nSPS) is 15.1. The predicted molar refractivity (Wildman–Crippen MR) is 95.8 cm³/mol. The van der Waals surface area contributed by atoms with Crippen LogP contribution in [-0.4, -0.2) is 39.3 Å². The lowest BCUT2D eigenvalue weighted by atomic mass is 9.95. The van der Waals surface area contributed by atoms with Crippen molar-refractivity contribution in [2.75, 3.05) is 27.3 Å².